The van der Waals surface area contributed by atoms with E-state index in [1.807, 2.05) is 13.8 Å². The molecule has 1 heterocycles. The fourth-order valence-electron chi connectivity index (χ4n) is 1.32. The van der Waals surface area contributed by atoms with E-state index in [-0.39, 0.29) is 18.1 Å². The second-order valence-electron chi connectivity index (χ2n) is 4.97. The highest BCUT2D eigenvalue weighted by atomic mass is 16.5. The summed E-state index contributed by atoms with van der Waals surface area (Å²) in [5.74, 6) is 6.49. The molecule has 8 heteroatoms. The quantitative estimate of drug-likeness (QED) is 0.350. The molecule has 0 radical (unpaired) electrons. The smallest absolute Gasteiger partial charge is 0.323 e. The Morgan fingerprint density at radius 1 is 1.10 bits per heavy atom. The lowest BCUT2D eigenvalue weighted by Crippen LogP contribution is -2.18. The Hall–Kier alpha value is -1.67. The van der Waals surface area contributed by atoms with Crippen molar-refractivity contribution in [3.8, 4) is 6.01 Å². The zero-order valence-electron chi connectivity index (χ0n) is 12.5. The monoisotopic (exact) mass is 284 g/mol. The van der Waals surface area contributed by atoms with Gasteiger partial charge in [0, 0.05) is 13.2 Å². The average molecular weight is 284 g/mol. The van der Waals surface area contributed by atoms with E-state index in [0.717, 1.165) is 6.61 Å². The summed E-state index contributed by atoms with van der Waals surface area (Å²) in [4.78, 5) is 12.2. The average Bonchev–Trinajstić information content (AvgIpc) is 2.36. The van der Waals surface area contributed by atoms with Crippen LogP contribution in [0.1, 0.15) is 27.7 Å². The van der Waals surface area contributed by atoms with Crippen LogP contribution >= 0.6 is 0 Å². The largest absolute Gasteiger partial charge is 0.461 e. The van der Waals surface area contributed by atoms with Gasteiger partial charge in [-0.05, 0) is 19.8 Å². The molecule has 0 atom stereocenters. The SMILES string of the molecule is CC(C)COCCNc1nc(NN)nc(OC(C)C)n1. The van der Waals surface area contributed by atoms with E-state index in [2.05, 4.69) is 39.5 Å². The summed E-state index contributed by atoms with van der Waals surface area (Å²) in [6.45, 7) is 9.91. The molecule has 0 saturated carbocycles. The molecule has 0 aliphatic rings. The number of nitrogens with two attached hydrogens (primary N) is 1. The number of nitrogens with zero attached hydrogens (tertiary/aromatic N) is 3. The Kier molecular flexibility index (Phi) is 6.96. The molecule has 0 fully saturated rings. The third-order valence-corrected chi connectivity index (χ3v) is 2.07. The maximum Gasteiger partial charge on any atom is 0.323 e. The number of hydrogen-bond acceptors (Lipinski definition) is 8. The summed E-state index contributed by atoms with van der Waals surface area (Å²) >= 11 is 0. The summed E-state index contributed by atoms with van der Waals surface area (Å²) in [5.41, 5.74) is 2.38. The minimum absolute atomic E-state index is 0.0229. The lowest BCUT2D eigenvalue weighted by atomic mass is 10.2. The normalized spacial score (nSPS) is 10.9. The first-order valence-corrected chi connectivity index (χ1v) is 6.72. The number of ether oxygens (including phenoxy) is 2. The Bertz CT molecular complexity index is 400. The van der Waals surface area contributed by atoms with Gasteiger partial charge in [-0.25, -0.2) is 5.84 Å². The van der Waals surface area contributed by atoms with E-state index in [1.54, 1.807) is 0 Å². The molecule has 0 bridgehead atoms. The van der Waals surface area contributed by atoms with E-state index in [0.29, 0.717) is 25.0 Å². The summed E-state index contributed by atoms with van der Waals surface area (Å²) in [5, 5.41) is 3.04. The summed E-state index contributed by atoms with van der Waals surface area (Å²) in [6, 6.07) is 0.230. The highest BCUT2D eigenvalue weighted by Gasteiger charge is 2.08. The van der Waals surface area contributed by atoms with Gasteiger partial charge in [0.1, 0.15) is 0 Å². The van der Waals surface area contributed by atoms with Crippen LogP contribution in [0.3, 0.4) is 0 Å². The Morgan fingerprint density at radius 3 is 2.40 bits per heavy atom. The Labute approximate surface area is 119 Å². The van der Waals surface area contributed by atoms with Crippen LogP contribution in [0.4, 0.5) is 11.9 Å². The lowest BCUT2D eigenvalue weighted by molar-refractivity contribution is 0.118. The van der Waals surface area contributed by atoms with Crippen LogP contribution in [-0.4, -0.2) is 40.8 Å². The number of aromatic nitrogens is 3. The molecule has 0 spiro atoms. The van der Waals surface area contributed by atoms with Crippen molar-refractivity contribution in [3.05, 3.63) is 0 Å². The maximum absolute atomic E-state index is 5.46. The van der Waals surface area contributed by atoms with Crippen LogP contribution < -0.4 is 21.3 Å². The molecule has 1 aromatic heterocycles. The van der Waals surface area contributed by atoms with Gasteiger partial charge < -0.3 is 14.8 Å². The highest BCUT2D eigenvalue weighted by Crippen LogP contribution is 2.11. The Balaban J connectivity index is 2.51. The topological polar surface area (TPSA) is 107 Å². The van der Waals surface area contributed by atoms with Crippen molar-refractivity contribution in [2.75, 3.05) is 30.5 Å². The molecular weight excluding hydrogens is 260 g/mol. The third-order valence-electron chi connectivity index (χ3n) is 2.07. The number of anilines is 2. The van der Waals surface area contributed by atoms with E-state index < -0.39 is 0 Å². The predicted octanol–water partition coefficient (Wildman–Crippen LogP) is 1.03. The molecule has 0 unspecified atom stereocenters. The molecule has 1 rings (SSSR count). The fraction of sp³-hybridized carbons (Fsp3) is 0.750. The van der Waals surface area contributed by atoms with Crippen molar-refractivity contribution in [3.63, 3.8) is 0 Å². The third kappa shape index (κ3) is 6.48. The number of hydrogen-bond donors (Lipinski definition) is 3. The van der Waals surface area contributed by atoms with Gasteiger partial charge in [-0.15, -0.1) is 0 Å². The molecule has 0 aliphatic heterocycles. The van der Waals surface area contributed by atoms with E-state index in [9.17, 15) is 0 Å². The minimum atomic E-state index is -0.0229. The number of hydrazine groups is 1. The zero-order chi connectivity index (χ0) is 15.0. The molecular formula is C12H24N6O2. The first-order valence-electron chi connectivity index (χ1n) is 6.72. The van der Waals surface area contributed by atoms with Gasteiger partial charge in [-0.1, -0.05) is 13.8 Å². The van der Waals surface area contributed by atoms with Gasteiger partial charge in [0.15, 0.2) is 0 Å². The second kappa shape index (κ2) is 8.49. The first-order chi connectivity index (χ1) is 9.51. The van der Waals surface area contributed by atoms with Crippen molar-refractivity contribution in [2.45, 2.75) is 33.8 Å². The van der Waals surface area contributed by atoms with E-state index >= 15 is 0 Å². The summed E-state index contributed by atoms with van der Waals surface area (Å²) in [7, 11) is 0. The fourth-order valence-corrected chi connectivity index (χ4v) is 1.32. The molecule has 20 heavy (non-hydrogen) atoms. The van der Waals surface area contributed by atoms with Crippen LogP contribution in [0.2, 0.25) is 0 Å². The highest BCUT2D eigenvalue weighted by molar-refractivity contribution is 5.34. The van der Waals surface area contributed by atoms with Gasteiger partial charge >= 0.3 is 6.01 Å². The summed E-state index contributed by atoms with van der Waals surface area (Å²) < 4.78 is 10.9. The van der Waals surface area contributed by atoms with Gasteiger partial charge in [0.05, 0.1) is 12.7 Å². The van der Waals surface area contributed by atoms with Crippen LogP contribution in [0, 0.1) is 5.92 Å². The van der Waals surface area contributed by atoms with Gasteiger partial charge in [-0.2, -0.15) is 15.0 Å². The number of rotatable bonds is 9. The molecule has 0 aliphatic carbocycles. The van der Waals surface area contributed by atoms with Crippen LogP contribution in [0.5, 0.6) is 6.01 Å². The first kappa shape index (κ1) is 16.4. The van der Waals surface area contributed by atoms with E-state index in [4.69, 9.17) is 15.3 Å². The van der Waals surface area contributed by atoms with E-state index in [1.165, 1.54) is 0 Å². The Morgan fingerprint density at radius 2 is 1.80 bits per heavy atom. The van der Waals surface area contributed by atoms with Crippen molar-refractivity contribution >= 4 is 11.9 Å². The van der Waals surface area contributed by atoms with Gasteiger partial charge in [0.25, 0.3) is 0 Å². The zero-order valence-corrected chi connectivity index (χ0v) is 12.5. The molecule has 0 aromatic carbocycles. The van der Waals surface area contributed by atoms with Crippen LogP contribution in [-0.2, 0) is 4.74 Å². The summed E-state index contributed by atoms with van der Waals surface area (Å²) in [6.07, 6.45) is -0.0229. The molecule has 8 nitrogen and oxygen atoms in total. The predicted molar refractivity (Wildman–Crippen MR) is 77.5 cm³/mol. The minimum Gasteiger partial charge on any atom is -0.461 e. The molecule has 1 aromatic rings. The molecule has 0 amide bonds. The molecule has 4 N–H and O–H groups in total. The maximum atomic E-state index is 5.46. The number of nitrogens with one attached hydrogen (secondary N) is 2. The van der Waals surface area contributed by atoms with Crippen LogP contribution in [0.25, 0.3) is 0 Å². The van der Waals surface area contributed by atoms with Crippen molar-refractivity contribution in [2.24, 2.45) is 11.8 Å². The number of nitrogen functional groups attached to an aromatic ring is 1. The second-order valence-corrected chi connectivity index (χ2v) is 4.97. The van der Waals surface area contributed by atoms with Crippen molar-refractivity contribution < 1.29 is 9.47 Å². The van der Waals surface area contributed by atoms with Gasteiger partial charge in [-0.3, -0.25) is 5.43 Å². The van der Waals surface area contributed by atoms with Gasteiger partial charge in [0.2, 0.25) is 11.9 Å². The standard InChI is InChI=1S/C12H24N6O2/c1-8(2)7-19-6-5-14-10-15-11(18-13)17-12(16-10)20-9(3)4/h8-9H,5-7,13H2,1-4H3,(H2,14,15,16,17,18). The lowest BCUT2D eigenvalue weighted by Gasteiger charge is -2.11. The molecule has 0 saturated heterocycles. The van der Waals surface area contributed by atoms with Crippen molar-refractivity contribution in [1.29, 1.82) is 0 Å². The van der Waals surface area contributed by atoms with Crippen LogP contribution in [0.15, 0.2) is 0 Å². The van der Waals surface area contributed by atoms with Crippen molar-refractivity contribution in [1.82, 2.24) is 15.0 Å². The molecule has 114 valence electrons.